The van der Waals surface area contributed by atoms with Crippen LogP contribution in [0.15, 0.2) is 24.4 Å². The molecule has 4 aromatic rings. The van der Waals surface area contributed by atoms with Crippen LogP contribution in [0.2, 0.25) is 0 Å². The molecule has 4 aromatic heterocycles. The van der Waals surface area contributed by atoms with Gasteiger partial charge < -0.3 is 29.2 Å². The summed E-state index contributed by atoms with van der Waals surface area (Å²) in [6, 6.07) is 4.78. The fraction of sp³-hybridized carbons (Fsp3) is 0.333. The van der Waals surface area contributed by atoms with Crippen LogP contribution in [-0.2, 0) is 0 Å². The number of ether oxygens (including phenoxy) is 4. The zero-order chi connectivity index (χ0) is 33.5. The molecule has 0 saturated carbocycles. The molecule has 16 nitrogen and oxygen atoms in total. The molecule has 4 N–H and O–H groups in total. The molecule has 0 aliphatic carbocycles. The zero-order valence-electron chi connectivity index (χ0n) is 25.8. The van der Waals surface area contributed by atoms with Gasteiger partial charge in [-0.05, 0) is 46.6 Å². The molecule has 0 spiro atoms. The van der Waals surface area contributed by atoms with E-state index in [4.69, 9.17) is 18.9 Å². The van der Waals surface area contributed by atoms with Crippen molar-refractivity contribution in [1.29, 1.82) is 0 Å². The van der Waals surface area contributed by atoms with E-state index in [1.54, 1.807) is 12.1 Å². The van der Waals surface area contributed by atoms with Crippen LogP contribution in [0, 0.1) is 34.5 Å². The Balaban J connectivity index is 1.44. The number of aromatic nitrogens is 8. The molecule has 46 heavy (non-hydrogen) atoms. The largest absolute Gasteiger partial charge is 0.480 e. The van der Waals surface area contributed by atoms with Crippen molar-refractivity contribution >= 4 is 11.9 Å². The van der Waals surface area contributed by atoms with Crippen LogP contribution >= 0.6 is 0 Å². The van der Waals surface area contributed by atoms with E-state index in [0.29, 0.717) is 24.0 Å². The minimum Gasteiger partial charge on any atom is -0.480 e. The zero-order valence-corrected chi connectivity index (χ0v) is 25.8. The van der Waals surface area contributed by atoms with Gasteiger partial charge in [0.25, 0.3) is 11.8 Å². The van der Waals surface area contributed by atoms with Gasteiger partial charge in [0, 0.05) is 23.0 Å². The van der Waals surface area contributed by atoms with Gasteiger partial charge in [0.1, 0.15) is 5.75 Å². The number of nitrogens with one attached hydrogen (secondary N) is 2. The Morgan fingerprint density at radius 3 is 1.89 bits per heavy atom. The SMILES string of the molecule is COc1ncc(Oc2[nH]nnc2C(=O)O)cc1C#CC(C)(C)CCC(C)(C)C#Cc1ccc(Oc2[nH]nnc2C(=O)O)nc1OC. The highest BCUT2D eigenvalue weighted by Crippen LogP contribution is 2.32. The molecule has 0 bridgehead atoms. The van der Waals surface area contributed by atoms with Crippen LogP contribution in [0.3, 0.4) is 0 Å². The number of methoxy groups -OCH3 is 2. The van der Waals surface area contributed by atoms with Crippen molar-refractivity contribution < 1.29 is 38.7 Å². The average molecular weight is 631 g/mol. The third kappa shape index (κ3) is 8.26. The number of aromatic carboxylic acids is 2. The fourth-order valence-corrected chi connectivity index (χ4v) is 3.78. The van der Waals surface area contributed by atoms with Gasteiger partial charge in [-0.2, -0.15) is 4.98 Å². The van der Waals surface area contributed by atoms with Crippen LogP contribution < -0.4 is 18.9 Å². The number of nitrogens with zero attached hydrogens (tertiary/aromatic N) is 6. The summed E-state index contributed by atoms with van der Waals surface area (Å²) in [5.74, 6) is 10.7. The summed E-state index contributed by atoms with van der Waals surface area (Å²) in [7, 11) is 2.91. The molecule has 0 aliphatic heterocycles. The summed E-state index contributed by atoms with van der Waals surface area (Å²) < 4.78 is 21.8. The lowest BCUT2D eigenvalue weighted by molar-refractivity contribution is 0.0676. The Labute approximate surface area is 262 Å². The number of rotatable bonds is 11. The van der Waals surface area contributed by atoms with Crippen molar-refractivity contribution in [2.75, 3.05) is 14.2 Å². The van der Waals surface area contributed by atoms with Crippen LogP contribution in [0.5, 0.6) is 35.1 Å². The molecule has 16 heteroatoms. The standard InChI is InChI=1S/C30H30N8O8/c1-29(2,11-9-17-7-8-20(32-24(17)44-6)46-26-22(28(41)42)34-38-36-26)13-14-30(3,4)12-10-18-15-19(16-31-23(18)43-5)45-25-21(27(39)40)33-37-35-25/h7-8,15-16H,13-14H2,1-6H3,(H,39,40)(H,41,42)(H,33,35,37)(H,34,36,38). The maximum atomic E-state index is 11.3. The van der Waals surface area contributed by atoms with Gasteiger partial charge in [0.05, 0.1) is 31.5 Å². The fourth-order valence-electron chi connectivity index (χ4n) is 3.78. The van der Waals surface area contributed by atoms with Gasteiger partial charge in [0.2, 0.25) is 29.0 Å². The van der Waals surface area contributed by atoms with Crippen LogP contribution in [0.4, 0.5) is 0 Å². The van der Waals surface area contributed by atoms with Gasteiger partial charge in [-0.3, -0.25) is 0 Å². The molecular formula is C30H30N8O8. The van der Waals surface area contributed by atoms with E-state index in [0.717, 1.165) is 0 Å². The first-order chi connectivity index (χ1) is 21.8. The minimum atomic E-state index is -1.30. The Bertz CT molecular complexity index is 1870. The molecule has 238 valence electrons. The molecule has 0 saturated heterocycles. The molecule has 0 unspecified atom stereocenters. The Morgan fingerprint density at radius 1 is 0.804 bits per heavy atom. The number of carbonyl (C=O) groups is 2. The highest BCUT2D eigenvalue weighted by Gasteiger charge is 2.23. The number of carboxylic acids is 2. The predicted molar refractivity (Wildman–Crippen MR) is 159 cm³/mol. The van der Waals surface area contributed by atoms with E-state index >= 15 is 0 Å². The third-order valence-corrected chi connectivity index (χ3v) is 6.36. The second-order valence-corrected chi connectivity index (χ2v) is 11.0. The highest BCUT2D eigenvalue weighted by molar-refractivity contribution is 5.88. The molecule has 4 rings (SSSR count). The Hall–Kier alpha value is -6.16. The highest BCUT2D eigenvalue weighted by atomic mass is 16.5. The van der Waals surface area contributed by atoms with E-state index in [-0.39, 0.29) is 46.5 Å². The van der Waals surface area contributed by atoms with Crippen molar-refractivity contribution in [3.05, 3.63) is 46.9 Å². The molecule has 0 aliphatic rings. The van der Waals surface area contributed by atoms with Crippen LogP contribution in [0.1, 0.15) is 72.6 Å². The molecule has 0 amide bonds. The maximum Gasteiger partial charge on any atom is 0.362 e. The lowest BCUT2D eigenvalue weighted by atomic mass is 9.79. The number of hydrogen-bond donors (Lipinski definition) is 4. The monoisotopic (exact) mass is 630 g/mol. The van der Waals surface area contributed by atoms with Crippen molar-refractivity contribution in [2.45, 2.75) is 40.5 Å². The van der Waals surface area contributed by atoms with Gasteiger partial charge >= 0.3 is 11.9 Å². The molecule has 0 fully saturated rings. The number of H-pyrrole nitrogens is 2. The lowest BCUT2D eigenvalue weighted by Gasteiger charge is -2.24. The smallest absolute Gasteiger partial charge is 0.362 e. The first-order valence-electron chi connectivity index (χ1n) is 13.6. The van der Waals surface area contributed by atoms with E-state index in [1.807, 2.05) is 27.7 Å². The maximum absolute atomic E-state index is 11.3. The second kappa shape index (κ2) is 13.6. The van der Waals surface area contributed by atoms with Gasteiger partial charge in [-0.15, -0.1) is 10.2 Å². The van der Waals surface area contributed by atoms with Crippen molar-refractivity contribution in [2.24, 2.45) is 10.8 Å². The number of carboxylic acid groups (broad SMARTS) is 2. The normalized spacial score (nSPS) is 11.0. The topological polar surface area (TPSA) is 220 Å². The first kappa shape index (κ1) is 32.7. The second-order valence-electron chi connectivity index (χ2n) is 11.0. The summed E-state index contributed by atoms with van der Waals surface area (Å²) in [4.78, 5) is 31.1. The third-order valence-electron chi connectivity index (χ3n) is 6.36. The summed E-state index contributed by atoms with van der Waals surface area (Å²) in [5, 5.41) is 37.1. The molecule has 4 heterocycles. The minimum absolute atomic E-state index is 0.0720. The first-order valence-corrected chi connectivity index (χ1v) is 13.6. The van der Waals surface area contributed by atoms with E-state index in [2.05, 4.69) is 64.5 Å². The summed E-state index contributed by atoms with van der Waals surface area (Å²) in [6.07, 6.45) is 2.77. The van der Waals surface area contributed by atoms with Crippen LogP contribution in [-0.4, -0.2) is 77.2 Å². The van der Waals surface area contributed by atoms with Crippen molar-refractivity contribution in [3.63, 3.8) is 0 Å². The quantitative estimate of drug-likeness (QED) is 0.172. The van der Waals surface area contributed by atoms with Crippen molar-refractivity contribution in [3.8, 4) is 58.8 Å². The Morgan fingerprint density at radius 2 is 1.35 bits per heavy atom. The summed E-state index contributed by atoms with van der Waals surface area (Å²) in [5.41, 5.74) is -0.618. The average Bonchev–Trinajstić information content (AvgIpc) is 3.68. The predicted octanol–water partition coefficient (Wildman–Crippen LogP) is 3.95. The summed E-state index contributed by atoms with van der Waals surface area (Å²) in [6.45, 7) is 8.05. The molecule has 0 aromatic carbocycles. The Kier molecular flexibility index (Phi) is 9.71. The van der Waals surface area contributed by atoms with E-state index in [1.165, 1.54) is 26.5 Å². The van der Waals surface area contributed by atoms with Gasteiger partial charge in [-0.1, -0.05) is 34.1 Å². The molecular weight excluding hydrogens is 600 g/mol. The number of pyridine rings is 2. The number of hydrogen-bond acceptors (Lipinski definition) is 12. The molecule has 0 radical (unpaired) electrons. The van der Waals surface area contributed by atoms with Gasteiger partial charge in [0.15, 0.2) is 0 Å². The van der Waals surface area contributed by atoms with Crippen molar-refractivity contribution in [1.82, 2.24) is 40.8 Å². The lowest BCUT2D eigenvalue weighted by Crippen LogP contribution is -2.16. The van der Waals surface area contributed by atoms with Crippen LogP contribution in [0.25, 0.3) is 0 Å². The summed E-state index contributed by atoms with van der Waals surface area (Å²) >= 11 is 0. The van der Waals surface area contributed by atoms with E-state index in [9.17, 15) is 19.8 Å². The molecule has 0 atom stereocenters. The van der Waals surface area contributed by atoms with E-state index < -0.39 is 22.8 Å². The van der Waals surface area contributed by atoms with Gasteiger partial charge in [-0.25, -0.2) is 24.8 Å². The number of aromatic amines is 2.